The van der Waals surface area contributed by atoms with Crippen LogP contribution in [0.4, 0.5) is 4.79 Å². The van der Waals surface area contributed by atoms with Crippen molar-refractivity contribution < 1.29 is 14.6 Å². The third kappa shape index (κ3) is 4.08. The van der Waals surface area contributed by atoms with E-state index >= 15 is 0 Å². The van der Waals surface area contributed by atoms with Crippen LogP contribution in [0.2, 0.25) is 0 Å². The second-order valence-corrected chi connectivity index (χ2v) is 4.21. The largest absolute Gasteiger partial charge is 0.450 e. The summed E-state index contributed by atoms with van der Waals surface area (Å²) in [5.74, 6) is 0.552. The van der Waals surface area contributed by atoms with E-state index in [2.05, 4.69) is 0 Å². The number of ether oxygens (including phenoxy) is 1. The average Bonchev–Trinajstić information content (AvgIpc) is 2.18. The van der Waals surface area contributed by atoms with Gasteiger partial charge in [-0.1, -0.05) is 0 Å². The van der Waals surface area contributed by atoms with Gasteiger partial charge in [-0.15, -0.1) is 0 Å². The van der Waals surface area contributed by atoms with Crippen molar-refractivity contribution in [1.82, 2.24) is 4.90 Å². The van der Waals surface area contributed by atoms with Gasteiger partial charge in [-0.3, -0.25) is 0 Å². The fraction of sp³-hybridized carbons (Fsp3) is 0.909. The van der Waals surface area contributed by atoms with E-state index in [4.69, 9.17) is 4.74 Å². The van der Waals surface area contributed by atoms with Crippen LogP contribution >= 0.6 is 0 Å². The molecule has 1 saturated heterocycles. The summed E-state index contributed by atoms with van der Waals surface area (Å²) in [4.78, 5) is 13.1. The number of nitrogens with zero attached hydrogens (tertiary/aromatic N) is 1. The Morgan fingerprint density at radius 2 is 2.13 bits per heavy atom. The number of hydrogen-bond acceptors (Lipinski definition) is 3. The molecule has 0 spiro atoms. The summed E-state index contributed by atoms with van der Waals surface area (Å²) in [6.45, 7) is 5.59. The molecule has 4 nitrogen and oxygen atoms in total. The van der Waals surface area contributed by atoms with Gasteiger partial charge in [0.05, 0.1) is 12.7 Å². The molecular weight excluding hydrogens is 194 g/mol. The van der Waals surface area contributed by atoms with Gasteiger partial charge in [0.2, 0.25) is 0 Å². The molecule has 0 aliphatic carbocycles. The molecule has 1 rings (SSSR count). The van der Waals surface area contributed by atoms with Crippen molar-refractivity contribution in [1.29, 1.82) is 0 Å². The molecule has 0 aromatic heterocycles. The maximum absolute atomic E-state index is 11.4. The Labute approximate surface area is 91.2 Å². The molecule has 1 atom stereocenters. The zero-order chi connectivity index (χ0) is 11.3. The average molecular weight is 215 g/mol. The number of aliphatic hydroxyl groups is 1. The van der Waals surface area contributed by atoms with Crippen molar-refractivity contribution >= 4 is 6.09 Å². The number of rotatable bonds is 3. The zero-order valence-corrected chi connectivity index (χ0v) is 9.61. The lowest BCUT2D eigenvalue weighted by molar-refractivity contribution is 0.0820. The van der Waals surface area contributed by atoms with Crippen molar-refractivity contribution in [3.8, 4) is 0 Å². The van der Waals surface area contributed by atoms with Gasteiger partial charge >= 0.3 is 6.09 Å². The second-order valence-electron chi connectivity index (χ2n) is 4.21. The monoisotopic (exact) mass is 215 g/mol. The van der Waals surface area contributed by atoms with Crippen molar-refractivity contribution in [3.05, 3.63) is 0 Å². The van der Waals surface area contributed by atoms with E-state index in [-0.39, 0.29) is 12.2 Å². The Balaban J connectivity index is 2.26. The fourth-order valence-electron chi connectivity index (χ4n) is 2.05. The van der Waals surface area contributed by atoms with Crippen molar-refractivity contribution in [2.45, 2.75) is 39.2 Å². The molecule has 15 heavy (non-hydrogen) atoms. The molecule has 0 saturated carbocycles. The van der Waals surface area contributed by atoms with Crippen LogP contribution < -0.4 is 0 Å². The third-order valence-corrected chi connectivity index (χ3v) is 2.81. The number of piperidine rings is 1. The van der Waals surface area contributed by atoms with Crippen LogP contribution in [0.3, 0.4) is 0 Å². The van der Waals surface area contributed by atoms with Gasteiger partial charge < -0.3 is 14.7 Å². The molecule has 0 unspecified atom stereocenters. The first-order valence-corrected chi connectivity index (χ1v) is 5.73. The Hall–Kier alpha value is -0.770. The number of hydrogen-bond donors (Lipinski definition) is 1. The van der Waals surface area contributed by atoms with Crippen LogP contribution in [0.15, 0.2) is 0 Å². The van der Waals surface area contributed by atoms with Crippen LogP contribution in [0.5, 0.6) is 0 Å². The smallest absolute Gasteiger partial charge is 0.409 e. The van der Waals surface area contributed by atoms with E-state index in [1.165, 1.54) is 0 Å². The summed E-state index contributed by atoms with van der Waals surface area (Å²) in [5.41, 5.74) is 0. The van der Waals surface area contributed by atoms with Gasteiger partial charge in [0, 0.05) is 13.1 Å². The zero-order valence-electron chi connectivity index (χ0n) is 9.61. The van der Waals surface area contributed by atoms with Gasteiger partial charge in [0.25, 0.3) is 0 Å². The van der Waals surface area contributed by atoms with Gasteiger partial charge in [-0.2, -0.15) is 0 Å². The Morgan fingerprint density at radius 3 is 2.60 bits per heavy atom. The number of carbonyl (C=O) groups is 1. The SMILES string of the molecule is CCOC(=O)N1CCC(C[C@H](C)O)CC1. The van der Waals surface area contributed by atoms with Gasteiger partial charge in [-0.05, 0) is 39.0 Å². The Kier molecular flexibility index (Phi) is 4.88. The number of amides is 1. The molecule has 88 valence electrons. The molecule has 1 fully saturated rings. The van der Waals surface area contributed by atoms with Crippen LogP contribution in [-0.2, 0) is 4.74 Å². The maximum atomic E-state index is 11.4. The molecule has 1 amide bonds. The molecule has 0 bridgehead atoms. The topological polar surface area (TPSA) is 49.8 Å². The molecule has 0 aromatic carbocycles. The molecule has 1 aliphatic heterocycles. The minimum atomic E-state index is -0.232. The van der Waals surface area contributed by atoms with E-state index in [0.717, 1.165) is 32.4 Å². The lowest BCUT2D eigenvalue weighted by atomic mass is 9.92. The normalized spacial score (nSPS) is 20.1. The fourth-order valence-corrected chi connectivity index (χ4v) is 2.05. The number of carbonyl (C=O) groups excluding carboxylic acids is 1. The molecule has 4 heteroatoms. The molecule has 1 aliphatic rings. The van der Waals surface area contributed by atoms with Crippen LogP contribution in [-0.4, -0.2) is 41.9 Å². The lowest BCUT2D eigenvalue weighted by Gasteiger charge is -2.31. The summed E-state index contributed by atoms with van der Waals surface area (Å²) in [6, 6.07) is 0. The lowest BCUT2D eigenvalue weighted by Crippen LogP contribution is -2.39. The van der Waals surface area contributed by atoms with Gasteiger partial charge in [0.15, 0.2) is 0 Å². The third-order valence-electron chi connectivity index (χ3n) is 2.81. The number of likely N-dealkylation sites (tertiary alicyclic amines) is 1. The molecule has 0 radical (unpaired) electrons. The van der Waals surface area contributed by atoms with Crippen LogP contribution in [0.1, 0.15) is 33.1 Å². The predicted octanol–water partition coefficient (Wildman–Crippen LogP) is 1.63. The highest BCUT2D eigenvalue weighted by molar-refractivity contribution is 5.67. The summed E-state index contributed by atoms with van der Waals surface area (Å²) in [7, 11) is 0. The molecule has 0 aromatic rings. The molecule has 1 heterocycles. The van der Waals surface area contributed by atoms with Crippen LogP contribution in [0.25, 0.3) is 0 Å². The van der Waals surface area contributed by atoms with E-state index in [0.29, 0.717) is 12.5 Å². The highest BCUT2D eigenvalue weighted by Gasteiger charge is 2.23. The maximum Gasteiger partial charge on any atom is 0.409 e. The van der Waals surface area contributed by atoms with Crippen molar-refractivity contribution in [2.24, 2.45) is 5.92 Å². The first-order valence-electron chi connectivity index (χ1n) is 5.73. The van der Waals surface area contributed by atoms with Crippen LogP contribution in [0, 0.1) is 5.92 Å². The second kappa shape index (κ2) is 5.95. The molecule has 1 N–H and O–H groups in total. The van der Waals surface area contributed by atoms with Crippen molar-refractivity contribution in [3.63, 3.8) is 0 Å². The van der Waals surface area contributed by atoms with Gasteiger partial charge in [0.1, 0.15) is 0 Å². The first-order chi connectivity index (χ1) is 7.13. The minimum Gasteiger partial charge on any atom is -0.450 e. The Morgan fingerprint density at radius 1 is 1.53 bits per heavy atom. The molecular formula is C11H21NO3. The van der Waals surface area contributed by atoms with E-state index < -0.39 is 0 Å². The minimum absolute atomic E-state index is 0.201. The highest BCUT2D eigenvalue weighted by Crippen LogP contribution is 2.22. The summed E-state index contributed by atoms with van der Waals surface area (Å²) in [5, 5.41) is 9.26. The van der Waals surface area contributed by atoms with E-state index in [9.17, 15) is 9.90 Å². The summed E-state index contributed by atoms with van der Waals surface area (Å²) in [6.07, 6.45) is 2.36. The predicted molar refractivity (Wildman–Crippen MR) is 57.6 cm³/mol. The van der Waals surface area contributed by atoms with Gasteiger partial charge in [-0.25, -0.2) is 4.79 Å². The standard InChI is InChI=1S/C11H21NO3/c1-3-15-11(14)12-6-4-10(5-7-12)8-9(2)13/h9-10,13H,3-8H2,1-2H3/t9-/m0/s1. The summed E-state index contributed by atoms with van der Waals surface area (Å²) >= 11 is 0. The Bertz CT molecular complexity index is 198. The highest BCUT2D eigenvalue weighted by atomic mass is 16.6. The van der Waals surface area contributed by atoms with E-state index in [1.54, 1.807) is 4.90 Å². The first kappa shape index (κ1) is 12.3. The summed E-state index contributed by atoms with van der Waals surface area (Å²) < 4.78 is 4.94. The quantitative estimate of drug-likeness (QED) is 0.778. The number of aliphatic hydroxyl groups excluding tert-OH is 1. The van der Waals surface area contributed by atoms with Crippen molar-refractivity contribution in [2.75, 3.05) is 19.7 Å². The van der Waals surface area contributed by atoms with E-state index in [1.807, 2.05) is 13.8 Å².